The van der Waals surface area contributed by atoms with Crippen molar-refractivity contribution < 1.29 is 28.0 Å². The van der Waals surface area contributed by atoms with Crippen LogP contribution in [-0.4, -0.2) is 22.0 Å². The maximum Gasteiger partial charge on any atom is 0.423 e. The summed E-state index contributed by atoms with van der Waals surface area (Å²) in [6.07, 6.45) is -4.91. The first-order valence-corrected chi connectivity index (χ1v) is 5.89. The van der Waals surface area contributed by atoms with Gasteiger partial charge in [-0.05, 0) is 18.1 Å². The molecular weight excluding hydrogens is 293 g/mol. The molecule has 1 atom stereocenters. The molecule has 0 saturated heterocycles. The largest absolute Gasteiger partial charge is 0.480 e. The molecule has 0 aromatic heterocycles. The van der Waals surface area contributed by atoms with Crippen LogP contribution >= 0.6 is 0 Å². The fraction of sp³-hybridized carbons (Fsp3) is 0.417. The number of carbonyl (C=O) groups is 1. The number of hydrogen-bond acceptors (Lipinski definition) is 4. The lowest BCUT2D eigenvalue weighted by atomic mass is 10.0. The topological polar surface area (TPSA) is 92.5 Å². The summed E-state index contributed by atoms with van der Waals surface area (Å²) in [4.78, 5) is 20.5. The lowest BCUT2D eigenvalue weighted by molar-refractivity contribution is -0.388. The summed E-state index contributed by atoms with van der Waals surface area (Å²) in [7, 11) is 0. The molecule has 0 radical (unpaired) electrons. The van der Waals surface area contributed by atoms with Gasteiger partial charge in [-0.15, -0.1) is 0 Å². The highest BCUT2D eigenvalue weighted by molar-refractivity contribution is 5.78. The summed E-state index contributed by atoms with van der Waals surface area (Å²) < 4.78 is 38.4. The van der Waals surface area contributed by atoms with Crippen molar-refractivity contribution in [3.63, 3.8) is 0 Å². The standard InChI is InChI=1S/C12H13F3N2O4/c1-6(2)10(11(18)19)16-7-3-4-9(17(20)21)8(5-7)12(13,14)15/h3-6,10,16H,1-2H3,(H,18,19). The molecular formula is C12H13F3N2O4. The summed E-state index contributed by atoms with van der Waals surface area (Å²) in [6, 6.07) is 1.18. The van der Waals surface area contributed by atoms with Gasteiger partial charge in [0, 0.05) is 11.8 Å². The van der Waals surface area contributed by atoms with Crippen LogP contribution in [0.3, 0.4) is 0 Å². The van der Waals surface area contributed by atoms with Gasteiger partial charge in [0.05, 0.1) is 4.92 Å². The quantitative estimate of drug-likeness (QED) is 0.644. The number of nitrogens with one attached hydrogen (secondary N) is 1. The summed E-state index contributed by atoms with van der Waals surface area (Å²) in [6.45, 7) is 3.17. The van der Waals surface area contributed by atoms with Crippen molar-refractivity contribution >= 4 is 17.3 Å². The molecule has 0 spiro atoms. The zero-order valence-electron chi connectivity index (χ0n) is 11.1. The number of carboxylic acid groups (broad SMARTS) is 1. The zero-order valence-corrected chi connectivity index (χ0v) is 11.1. The van der Waals surface area contributed by atoms with E-state index in [1.807, 2.05) is 0 Å². The molecule has 0 fully saturated rings. The molecule has 0 aliphatic rings. The molecule has 0 aliphatic heterocycles. The molecule has 116 valence electrons. The molecule has 0 heterocycles. The highest BCUT2D eigenvalue weighted by Gasteiger charge is 2.38. The molecule has 1 aromatic rings. The number of halogens is 3. The molecule has 1 rings (SSSR count). The third-order valence-corrected chi connectivity index (χ3v) is 2.75. The van der Waals surface area contributed by atoms with Gasteiger partial charge < -0.3 is 10.4 Å². The van der Waals surface area contributed by atoms with Gasteiger partial charge in [0.1, 0.15) is 11.6 Å². The van der Waals surface area contributed by atoms with Crippen LogP contribution in [0.25, 0.3) is 0 Å². The Morgan fingerprint density at radius 1 is 1.38 bits per heavy atom. The fourth-order valence-corrected chi connectivity index (χ4v) is 1.71. The predicted molar refractivity (Wildman–Crippen MR) is 68.0 cm³/mol. The van der Waals surface area contributed by atoms with Gasteiger partial charge in [-0.3, -0.25) is 10.1 Å². The Morgan fingerprint density at radius 3 is 2.33 bits per heavy atom. The Hall–Kier alpha value is -2.32. The second-order valence-electron chi connectivity index (χ2n) is 4.69. The predicted octanol–water partition coefficient (Wildman–Crippen LogP) is 3.13. The number of hydrogen-bond donors (Lipinski definition) is 2. The third-order valence-electron chi connectivity index (χ3n) is 2.75. The first-order valence-electron chi connectivity index (χ1n) is 5.89. The number of anilines is 1. The molecule has 0 amide bonds. The zero-order chi connectivity index (χ0) is 16.4. The smallest absolute Gasteiger partial charge is 0.423 e. The monoisotopic (exact) mass is 306 g/mol. The molecule has 0 saturated carbocycles. The summed E-state index contributed by atoms with van der Waals surface area (Å²) >= 11 is 0. The molecule has 0 bridgehead atoms. The number of nitro groups is 1. The minimum Gasteiger partial charge on any atom is -0.480 e. The average Bonchev–Trinajstić information content (AvgIpc) is 2.33. The molecule has 2 N–H and O–H groups in total. The Labute approximate surface area is 117 Å². The van der Waals surface area contributed by atoms with Crippen LogP contribution in [0.15, 0.2) is 18.2 Å². The molecule has 0 aliphatic carbocycles. The SMILES string of the molecule is CC(C)C(Nc1ccc([N+](=O)[O-])c(C(F)(F)F)c1)C(=O)O. The number of benzene rings is 1. The molecule has 1 aromatic carbocycles. The summed E-state index contributed by atoms with van der Waals surface area (Å²) in [5, 5.41) is 22.0. The van der Waals surface area contributed by atoms with E-state index in [0.29, 0.717) is 12.1 Å². The second-order valence-corrected chi connectivity index (χ2v) is 4.69. The Kier molecular flexibility index (Phi) is 4.77. The first kappa shape index (κ1) is 16.7. The van der Waals surface area contributed by atoms with Crippen LogP contribution in [0.4, 0.5) is 24.5 Å². The van der Waals surface area contributed by atoms with E-state index in [9.17, 15) is 28.1 Å². The number of alkyl halides is 3. The maximum absolute atomic E-state index is 12.8. The maximum atomic E-state index is 12.8. The summed E-state index contributed by atoms with van der Waals surface area (Å²) in [5.41, 5.74) is -2.65. The van der Waals surface area contributed by atoms with Crippen molar-refractivity contribution in [2.45, 2.75) is 26.1 Å². The van der Waals surface area contributed by atoms with Crippen LogP contribution in [0, 0.1) is 16.0 Å². The molecule has 6 nitrogen and oxygen atoms in total. The van der Waals surface area contributed by atoms with Gasteiger partial charge in [-0.2, -0.15) is 13.2 Å². The number of aliphatic carboxylic acids is 1. The Morgan fingerprint density at radius 2 is 1.95 bits per heavy atom. The number of nitro benzene ring substituents is 1. The summed E-state index contributed by atoms with van der Waals surface area (Å²) in [5.74, 6) is -1.61. The van der Waals surface area contributed by atoms with E-state index >= 15 is 0 Å². The van der Waals surface area contributed by atoms with Gasteiger partial charge in [-0.25, -0.2) is 4.79 Å². The molecule has 21 heavy (non-hydrogen) atoms. The Bertz CT molecular complexity index is 558. The van der Waals surface area contributed by atoms with Gasteiger partial charge in [0.2, 0.25) is 0 Å². The van der Waals surface area contributed by atoms with E-state index in [-0.39, 0.29) is 11.6 Å². The van der Waals surface area contributed by atoms with Crippen LogP contribution in [0.5, 0.6) is 0 Å². The average molecular weight is 306 g/mol. The third kappa shape index (κ3) is 4.07. The Balaban J connectivity index is 3.23. The molecule has 9 heteroatoms. The van der Waals surface area contributed by atoms with Gasteiger partial charge >= 0.3 is 12.1 Å². The van der Waals surface area contributed by atoms with Crippen molar-refractivity contribution in [2.75, 3.05) is 5.32 Å². The van der Waals surface area contributed by atoms with Crippen LogP contribution < -0.4 is 5.32 Å². The van der Waals surface area contributed by atoms with E-state index in [0.717, 1.165) is 6.07 Å². The van der Waals surface area contributed by atoms with Crippen molar-refractivity contribution in [3.8, 4) is 0 Å². The fourth-order valence-electron chi connectivity index (χ4n) is 1.71. The van der Waals surface area contributed by atoms with Crippen molar-refractivity contribution in [1.29, 1.82) is 0 Å². The van der Waals surface area contributed by atoms with Crippen molar-refractivity contribution in [1.82, 2.24) is 0 Å². The highest BCUT2D eigenvalue weighted by Crippen LogP contribution is 2.37. The van der Waals surface area contributed by atoms with Gasteiger partial charge in [0.15, 0.2) is 0 Å². The van der Waals surface area contributed by atoms with Crippen molar-refractivity contribution in [3.05, 3.63) is 33.9 Å². The van der Waals surface area contributed by atoms with E-state index in [1.165, 1.54) is 0 Å². The second kappa shape index (κ2) is 5.98. The van der Waals surface area contributed by atoms with Crippen LogP contribution in [-0.2, 0) is 11.0 Å². The minimum absolute atomic E-state index is 0.144. The number of nitrogens with zero attached hydrogens (tertiary/aromatic N) is 1. The van der Waals surface area contributed by atoms with Gasteiger partial charge in [0.25, 0.3) is 5.69 Å². The lowest BCUT2D eigenvalue weighted by Gasteiger charge is -2.19. The van der Waals surface area contributed by atoms with E-state index in [4.69, 9.17) is 5.11 Å². The van der Waals surface area contributed by atoms with Gasteiger partial charge in [-0.1, -0.05) is 13.8 Å². The van der Waals surface area contributed by atoms with E-state index in [2.05, 4.69) is 5.32 Å². The van der Waals surface area contributed by atoms with E-state index < -0.39 is 34.4 Å². The number of carboxylic acids is 1. The highest BCUT2D eigenvalue weighted by atomic mass is 19.4. The van der Waals surface area contributed by atoms with Crippen LogP contribution in [0.2, 0.25) is 0 Å². The van der Waals surface area contributed by atoms with Crippen LogP contribution in [0.1, 0.15) is 19.4 Å². The van der Waals surface area contributed by atoms with E-state index in [1.54, 1.807) is 13.8 Å². The van der Waals surface area contributed by atoms with Crippen molar-refractivity contribution in [2.24, 2.45) is 5.92 Å². The molecule has 1 unspecified atom stereocenters. The first-order chi connectivity index (χ1) is 9.54. The normalized spacial score (nSPS) is 13.0. The minimum atomic E-state index is -4.91. The lowest BCUT2D eigenvalue weighted by Crippen LogP contribution is -2.34. The number of rotatable bonds is 5.